The normalized spacial score (nSPS) is 27.1. The zero-order valence-corrected chi connectivity index (χ0v) is 14.9. The highest BCUT2D eigenvalue weighted by molar-refractivity contribution is 8.14. The topological polar surface area (TPSA) is 57.7 Å². The molecule has 0 bridgehead atoms. The number of alkyl halides is 3. The number of hydrogen-bond acceptors (Lipinski definition) is 4. The summed E-state index contributed by atoms with van der Waals surface area (Å²) in [5.41, 5.74) is 0.741. The summed E-state index contributed by atoms with van der Waals surface area (Å²) < 4.78 is 60.3. The van der Waals surface area contributed by atoms with Crippen molar-refractivity contribution in [1.29, 1.82) is 0 Å². The fraction of sp³-hybridized carbons (Fsp3) is 0.667. The van der Waals surface area contributed by atoms with E-state index in [4.69, 9.17) is 10.7 Å². The second-order valence-corrected chi connectivity index (χ2v) is 9.42. The van der Waals surface area contributed by atoms with Crippen molar-refractivity contribution in [2.45, 2.75) is 36.2 Å². The molecule has 0 N–H and O–H groups in total. The first-order valence-corrected chi connectivity index (χ1v) is 10.3. The Balaban J connectivity index is 1.64. The van der Waals surface area contributed by atoms with Gasteiger partial charge in [0.25, 0.3) is 0 Å². The first-order chi connectivity index (χ1) is 11.5. The van der Waals surface area contributed by atoms with Gasteiger partial charge in [-0.1, -0.05) is 18.2 Å². The predicted octanol–water partition coefficient (Wildman–Crippen LogP) is 2.05. The van der Waals surface area contributed by atoms with Crippen LogP contribution in [0.5, 0.6) is 0 Å². The molecule has 10 heteroatoms. The predicted molar refractivity (Wildman–Crippen MR) is 86.6 cm³/mol. The summed E-state index contributed by atoms with van der Waals surface area (Å²) in [6.07, 6.45) is 2.38. The van der Waals surface area contributed by atoms with Crippen molar-refractivity contribution in [2.75, 3.05) is 26.2 Å². The average Bonchev–Trinajstić information content (AvgIpc) is 3.35. The van der Waals surface area contributed by atoms with Gasteiger partial charge in [-0.15, -0.1) is 0 Å². The van der Waals surface area contributed by atoms with E-state index in [1.807, 2.05) is 6.08 Å². The smallest absolute Gasteiger partial charge is 0.332 e. The van der Waals surface area contributed by atoms with Crippen molar-refractivity contribution >= 4 is 25.6 Å². The molecule has 1 unspecified atom stereocenters. The monoisotopic (exact) mass is 398 g/mol. The van der Waals surface area contributed by atoms with Crippen molar-refractivity contribution in [3.63, 3.8) is 0 Å². The van der Waals surface area contributed by atoms with Crippen molar-refractivity contribution in [3.8, 4) is 0 Å². The molecule has 0 spiro atoms. The molecule has 0 aromatic rings. The van der Waals surface area contributed by atoms with Crippen LogP contribution in [0.3, 0.4) is 0 Å². The maximum absolute atomic E-state index is 12.5. The third-order valence-electron chi connectivity index (χ3n) is 5.10. The standard InChI is InChI=1S/C15H18ClF3N2O3S/c16-25(23,24)12-3-1-11(2-4-12)14(5-6-14)21-9-7-20(8-10-21)13(22)15(17,18)19/h1-3,12H,4-10H2. The van der Waals surface area contributed by atoms with E-state index in [2.05, 4.69) is 4.90 Å². The Morgan fingerprint density at radius 3 is 2.20 bits per heavy atom. The molecule has 3 rings (SSSR count). The Kier molecular flexibility index (Phi) is 4.70. The molecule has 5 nitrogen and oxygen atoms in total. The summed E-state index contributed by atoms with van der Waals surface area (Å²) in [4.78, 5) is 14.3. The van der Waals surface area contributed by atoms with Gasteiger partial charge in [-0.3, -0.25) is 9.69 Å². The number of carbonyl (C=O) groups is 1. The van der Waals surface area contributed by atoms with Crippen molar-refractivity contribution in [3.05, 3.63) is 23.8 Å². The molecule has 2 aliphatic carbocycles. The molecule has 140 valence electrons. The average molecular weight is 399 g/mol. The van der Waals surface area contributed by atoms with Gasteiger partial charge in [-0.25, -0.2) is 8.42 Å². The molecule has 3 aliphatic rings. The number of halogens is 4. The van der Waals surface area contributed by atoms with Gasteiger partial charge in [0.15, 0.2) is 0 Å². The van der Waals surface area contributed by atoms with Crippen LogP contribution in [0.2, 0.25) is 0 Å². The Morgan fingerprint density at radius 1 is 1.20 bits per heavy atom. The van der Waals surface area contributed by atoms with Crippen LogP contribution in [-0.4, -0.2) is 67.3 Å². The summed E-state index contributed by atoms with van der Waals surface area (Å²) in [7, 11) is 1.72. The molecule has 0 radical (unpaired) electrons. The number of carbonyl (C=O) groups excluding carboxylic acids is 1. The number of rotatable bonds is 3. The molecular formula is C15H18ClF3N2O3S. The lowest BCUT2D eigenvalue weighted by Gasteiger charge is -2.41. The maximum Gasteiger partial charge on any atom is 0.471 e. The number of nitrogens with zero attached hydrogens (tertiary/aromatic N) is 2. The maximum atomic E-state index is 12.5. The highest BCUT2D eigenvalue weighted by Gasteiger charge is 2.52. The molecule has 0 aromatic carbocycles. The molecule has 1 amide bonds. The van der Waals surface area contributed by atoms with Crippen LogP contribution in [0.25, 0.3) is 0 Å². The second kappa shape index (κ2) is 6.28. The van der Waals surface area contributed by atoms with Crippen molar-refractivity contribution in [1.82, 2.24) is 9.80 Å². The Morgan fingerprint density at radius 2 is 1.80 bits per heavy atom. The van der Waals surface area contributed by atoms with Gasteiger partial charge in [0.05, 0.1) is 5.25 Å². The van der Waals surface area contributed by atoms with E-state index in [9.17, 15) is 26.4 Å². The summed E-state index contributed by atoms with van der Waals surface area (Å²) in [6, 6.07) is 0. The van der Waals surface area contributed by atoms with Crippen LogP contribution in [-0.2, 0) is 13.8 Å². The zero-order valence-electron chi connectivity index (χ0n) is 13.3. The lowest BCUT2D eigenvalue weighted by Crippen LogP contribution is -2.55. The summed E-state index contributed by atoms with van der Waals surface area (Å²) >= 11 is 0. The third kappa shape index (κ3) is 3.73. The van der Waals surface area contributed by atoms with E-state index >= 15 is 0 Å². The third-order valence-corrected chi connectivity index (χ3v) is 6.86. The SMILES string of the molecule is O=C(N1CCN(C2(C3=CCC(S(=O)(=O)Cl)C=C3)CC2)CC1)C(F)(F)F. The van der Waals surface area contributed by atoms with E-state index in [1.54, 1.807) is 12.2 Å². The molecule has 1 aliphatic heterocycles. The van der Waals surface area contributed by atoms with Gasteiger partial charge in [-0.05, 0) is 24.8 Å². The van der Waals surface area contributed by atoms with Crippen LogP contribution in [0.4, 0.5) is 13.2 Å². The van der Waals surface area contributed by atoms with Crippen LogP contribution in [0.15, 0.2) is 23.8 Å². The number of allylic oxidation sites excluding steroid dienone is 1. The minimum Gasteiger partial charge on any atom is -0.332 e. The van der Waals surface area contributed by atoms with Gasteiger partial charge >= 0.3 is 12.1 Å². The molecule has 1 saturated carbocycles. The number of amides is 1. The van der Waals surface area contributed by atoms with E-state index in [0.29, 0.717) is 19.5 Å². The minimum atomic E-state index is -4.84. The molecule has 0 aromatic heterocycles. The largest absolute Gasteiger partial charge is 0.471 e. The van der Waals surface area contributed by atoms with Gasteiger partial charge in [-0.2, -0.15) is 13.2 Å². The van der Waals surface area contributed by atoms with E-state index < -0.39 is 26.4 Å². The highest BCUT2D eigenvalue weighted by atomic mass is 35.7. The van der Waals surface area contributed by atoms with Crippen molar-refractivity contribution < 1.29 is 26.4 Å². The molecule has 1 atom stereocenters. The first-order valence-electron chi connectivity index (χ1n) is 7.97. The number of hydrogen-bond donors (Lipinski definition) is 0. The van der Waals surface area contributed by atoms with Crippen LogP contribution in [0, 0.1) is 0 Å². The van der Waals surface area contributed by atoms with Crippen LogP contribution in [0.1, 0.15) is 19.3 Å². The second-order valence-electron chi connectivity index (χ2n) is 6.58. The fourth-order valence-electron chi connectivity index (χ4n) is 3.58. The molecule has 25 heavy (non-hydrogen) atoms. The van der Waals surface area contributed by atoms with Gasteiger partial charge in [0.2, 0.25) is 9.05 Å². The molecule has 1 saturated heterocycles. The lowest BCUT2D eigenvalue weighted by molar-refractivity contribution is -0.187. The quantitative estimate of drug-likeness (QED) is 0.683. The van der Waals surface area contributed by atoms with Gasteiger partial charge < -0.3 is 4.90 Å². The van der Waals surface area contributed by atoms with Crippen LogP contribution < -0.4 is 0 Å². The Labute approximate surface area is 148 Å². The van der Waals surface area contributed by atoms with Gasteiger partial charge in [0, 0.05) is 42.4 Å². The number of piperazine rings is 1. The minimum absolute atomic E-state index is 0.0375. The van der Waals surface area contributed by atoms with Crippen LogP contribution >= 0.6 is 10.7 Å². The Hall–Kier alpha value is -1.06. The van der Waals surface area contributed by atoms with Crippen molar-refractivity contribution in [2.24, 2.45) is 0 Å². The Bertz CT molecular complexity index is 721. The molecule has 2 fully saturated rings. The first kappa shape index (κ1) is 18.7. The summed E-state index contributed by atoms with van der Waals surface area (Å²) in [5.74, 6) is -1.79. The lowest BCUT2D eigenvalue weighted by atomic mass is 9.96. The molecular weight excluding hydrogens is 381 g/mol. The highest BCUT2D eigenvalue weighted by Crippen LogP contribution is 2.49. The fourth-order valence-corrected chi connectivity index (χ4v) is 4.57. The summed E-state index contributed by atoms with van der Waals surface area (Å²) in [6.45, 7) is 0.806. The molecule has 1 heterocycles. The summed E-state index contributed by atoms with van der Waals surface area (Å²) in [5, 5.41) is -0.741. The van der Waals surface area contributed by atoms with Gasteiger partial charge in [0.1, 0.15) is 0 Å². The zero-order chi connectivity index (χ0) is 18.5. The van der Waals surface area contributed by atoms with E-state index in [0.717, 1.165) is 23.3 Å². The van der Waals surface area contributed by atoms with E-state index in [1.165, 1.54) is 0 Å². The van der Waals surface area contributed by atoms with E-state index in [-0.39, 0.29) is 18.6 Å².